The quantitative estimate of drug-likeness (QED) is 0.222. The summed E-state index contributed by atoms with van der Waals surface area (Å²) in [7, 11) is 1.74. The number of hydrogen-bond donors (Lipinski definition) is 3. The molecule has 0 aliphatic heterocycles. The molecule has 3 rings (SSSR count). The van der Waals surface area contributed by atoms with E-state index < -0.39 is 11.7 Å². The van der Waals surface area contributed by atoms with Gasteiger partial charge in [-0.3, -0.25) is 14.9 Å². The van der Waals surface area contributed by atoms with Crippen molar-refractivity contribution in [2.45, 2.75) is 39.3 Å². The van der Waals surface area contributed by atoms with Crippen LogP contribution in [0.3, 0.4) is 0 Å². The summed E-state index contributed by atoms with van der Waals surface area (Å²) in [6.07, 6.45) is 7.49. The number of nitrogens with zero attached hydrogens (tertiary/aromatic N) is 4. The van der Waals surface area contributed by atoms with Crippen LogP contribution in [0.5, 0.6) is 0 Å². The summed E-state index contributed by atoms with van der Waals surface area (Å²) in [6.45, 7) is 6.83. The number of rotatable bonds is 7. The first-order valence-electron chi connectivity index (χ1n) is 10.8. The van der Waals surface area contributed by atoms with Gasteiger partial charge in [-0.05, 0) is 56.5 Å². The Bertz CT molecular complexity index is 1040. The monoisotopic (exact) mass is 577 g/mol. The first-order chi connectivity index (χ1) is 15.8. The summed E-state index contributed by atoms with van der Waals surface area (Å²) in [6, 6.07) is 11.7. The van der Waals surface area contributed by atoms with Crippen molar-refractivity contribution in [2.24, 2.45) is 4.99 Å². The number of anilines is 1. The molecular formula is C24H32IN7O2. The maximum Gasteiger partial charge on any atom is 0.412 e. The Morgan fingerprint density at radius 3 is 2.41 bits per heavy atom. The molecule has 34 heavy (non-hydrogen) atoms. The first kappa shape index (κ1) is 27.1. The average Bonchev–Trinajstić information content (AvgIpc) is 3.31. The second-order valence-electron chi connectivity index (χ2n) is 8.42. The Labute approximate surface area is 217 Å². The van der Waals surface area contributed by atoms with Gasteiger partial charge in [0, 0.05) is 44.4 Å². The Balaban J connectivity index is 0.00000408. The van der Waals surface area contributed by atoms with Crippen LogP contribution in [0.15, 0.2) is 66.3 Å². The number of amides is 1. The highest BCUT2D eigenvalue weighted by Gasteiger charge is 2.16. The van der Waals surface area contributed by atoms with Gasteiger partial charge in [-0.25, -0.2) is 14.8 Å². The standard InChI is InChI=1S/C24H31N7O2.HI/c1-24(2,3)33-23(32)30-20-8-5-18(6-9-20)11-12-27-22(25-4)29-16-19-7-10-21(28-15-19)31-14-13-26-17-31;/h5-10,13-15,17H,11-12,16H2,1-4H3,(H,30,32)(H2,25,27,29);1H. The van der Waals surface area contributed by atoms with Crippen LogP contribution in [0, 0.1) is 0 Å². The van der Waals surface area contributed by atoms with E-state index in [0.29, 0.717) is 12.2 Å². The van der Waals surface area contributed by atoms with Crippen LogP contribution in [-0.4, -0.2) is 45.8 Å². The zero-order valence-corrected chi connectivity index (χ0v) is 22.2. The van der Waals surface area contributed by atoms with Crippen molar-refractivity contribution in [3.63, 3.8) is 0 Å². The van der Waals surface area contributed by atoms with E-state index in [1.807, 2.05) is 74.1 Å². The van der Waals surface area contributed by atoms with E-state index in [0.717, 1.165) is 35.9 Å². The van der Waals surface area contributed by atoms with E-state index >= 15 is 0 Å². The fraction of sp³-hybridized carbons (Fsp3) is 0.333. The molecule has 1 aromatic carbocycles. The van der Waals surface area contributed by atoms with Crippen LogP contribution < -0.4 is 16.0 Å². The minimum atomic E-state index is -0.525. The molecule has 3 N–H and O–H groups in total. The highest BCUT2D eigenvalue weighted by atomic mass is 127. The smallest absolute Gasteiger partial charge is 0.412 e. The second-order valence-corrected chi connectivity index (χ2v) is 8.42. The largest absolute Gasteiger partial charge is 0.444 e. The summed E-state index contributed by atoms with van der Waals surface area (Å²) in [5.74, 6) is 1.54. The van der Waals surface area contributed by atoms with E-state index in [2.05, 4.69) is 30.9 Å². The number of benzene rings is 1. The summed E-state index contributed by atoms with van der Waals surface area (Å²) < 4.78 is 7.12. The maximum absolute atomic E-state index is 11.9. The third-order valence-electron chi connectivity index (χ3n) is 4.57. The molecule has 3 aromatic rings. The SMILES string of the molecule is CN=C(NCCc1ccc(NC(=O)OC(C)(C)C)cc1)NCc1ccc(-n2ccnc2)nc1.I. The number of halogens is 1. The number of aliphatic imine (C=N–C) groups is 1. The van der Waals surface area contributed by atoms with Gasteiger partial charge in [-0.1, -0.05) is 18.2 Å². The van der Waals surface area contributed by atoms with Crippen molar-refractivity contribution >= 4 is 41.7 Å². The van der Waals surface area contributed by atoms with Crippen LogP contribution >= 0.6 is 24.0 Å². The van der Waals surface area contributed by atoms with Gasteiger partial charge in [-0.2, -0.15) is 0 Å². The number of aromatic nitrogens is 3. The first-order valence-corrected chi connectivity index (χ1v) is 10.8. The Morgan fingerprint density at radius 1 is 1.09 bits per heavy atom. The predicted octanol–water partition coefficient (Wildman–Crippen LogP) is 4.14. The molecule has 0 unspecified atom stereocenters. The number of hydrogen-bond acceptors (Lipinski definition) is 5. The maximum atomic E-state index is 11.9. The highest BCUT2D eigenvalue weighted by molar-refractivity contribution is 14.0. The van der Waals surface area contributed by atoms with Crippen molar-refractivity contribution in [2.75, 3.05) is 18.9 Å². The van der Waals surface area contributed by atoms with Gasteiger partial charge in [0.2, 0.25) is 0 Å². The molecule has 1 amide bonds. The molecule has 0 aliphatic rings. The van der Waals surface area contributed by atoms with Gasteiger partial charge in [-0.15, -0.1) is 24.0 Å². The van der Waals surface area contributed by atoms with Crippen LogP contribution in [0.2, 0.25) is 0 Å². The average molecular weight is 577 g/mol. The molecule has 2 heterocycles. The lowest BCUT2D eigenvalue weighted by Crippen LogP contribution is -2.37. The number of nitrogens with one attached hydrogen (secondary N) is 3. The Kier molecular flexibility index (Phi) is 10.3. The fourth-order valence-corrected chi connectivity index (χ4v) is 2.98. The Hall–Kier alpha value is -3.15. The van der Waals surface area contributed by atoms with Crippen LogP contribution in [0.4, 0.5) is 10.5 Å². The van der Waals surface area contributed by atoms with Crippen molar-refractivity contribution in [1.29, 1.82) is 0 Å². The van der Waals surface area contributed by atoms with Gasteiger partial charge in [0.05, 0.1) is 0 Å². The zero-order chi connectivity index (χ0) is 23.7. The number of imidazole rings is 1. The lowest BCUT2D eigenvalue weighted by atomic mass is 10.1. The fourth-order valence-electron chi connectivity index (χ4n) is 2.98. The molecule has 0 fully saturated rings. The van der Waals surface area contributed by atoms with E-state index in [1.165, 1.54) is 0 Å². The number of guanidine groups is 1. The molecular weight excluding hydrogens is 545 g/mol. The molecule has 10 heteroatoms. The molecule has 0 saturated heterocycles. The topological polar surface area (TPSA) is 105 Å². The van der Waals surface area contributed by atoms with Crippen molar-refractivity contribution < 1.29 is 9.53 Å². The second kappa shape index (κ2) is 12.9. The lowest BCUT2D eigenvalue weighted by molar-refractivity contribution is 0.0636. The highest BCUT2D eigenvalue weighted by Crippen LogP contribution is 2.13. The predicted molar refractivity (Wildman–Crippen MR) is 145 cm³/mol. The Morgan fingerprint density at radius 2 is 1.82 bits per heavy atom. The number of carbonyl (C=O) groups is 1. The van der Waals surface area contributed by atoms with Gasteiger partial charge >= 0.3 is 6.09 Å². The van der Waals surface area contributed by atoms with E-state index in [-0.39, 0.29) is 24.0 Å². The molecule has 182 valence electrons. The van der Waals surface area contributed by atoms with Crippen LogP contribution in [-0.2, 0) is 17.7 Å². The molecule has 0 bridgehead atoms. The van der Waals surface area contributed by atoms with Crippen molar-refractivity contribution in [3.8, 4) is 5.82 Å². The van der Waals surface area contributed by atoms with Crippen LogP contribution in [0.1, 0.15) is 31.9 Å². The molecule has 0 radical (unpaired) electrons. The molecule has 0 saturated carbocycles. The third-order valence-corrected chi connectivity index (χ3v) is 4.57. The minimum Gasteiger partial charge on any atom is -0.444 e. The van der Waals surface area contributed by atoms with Crippen molar-refractivity contribution in [1.82, 2.24) is 25.2 Å². The molecule has 2 aromatic heterocycles. The summed E-state index contributed by atoms with van der Waals surface area (Å²) in [5, 5.41) is 9.34. The molecule has 0 atom stereocenters. The molecule has 0 spiro atoms. The normalized spacial score (nSPS) is 11.4. The third kappa shape index (κ3) is 9.00. The summed E-state index contributed by atoms with van der Waals surface area (Å²) in [4.78, 5) is 24.6. The number of carbonyl (C=O) groups excluding carboxylic acids is 1. The van der Waals surface area contributed by atoms with Gasteiger partial charge in [0.15, 0.2) is 5.96 Å². The van der Waals surface area contributed by atoms with E-state index in [1.54, 1.807) is 19.6 Å². The summed E-state index contributed by atoms with van der Waals surface area (Å²) in [5.41, 5.74) is 2.37. The number of ether oxygens (including phenoxy) is 1. The number of pyridine rings is 1. The van der Waals surface area contributed by atoms with Crippen LogP contribution in [0.25, 0.3) is 5.82 Å². The zero-order valence-electron chi connectivity index (χ0n) is 19.9. The van der Waals surface area contributed by atoms with E-state index in [9.17, 15) is 4.79 Å². The van der Waals surface area contributed by atoms with Gasteiger partial charge in [0.1, 0.15) is 17.7 Å². The van der Waals surface area contributed by atoms with Gasteiger partial charge < -0.3 is 15.4 Å². The van der Waals surface area contributed by atoms with E-state index in [4.69, 9.17) is 4.74 Å². The summed E-state index contributed by atoms with van der Waals surface area (Å²) >= 11 is 0. The molecule has 9 nitrogen and oxygen atoms in total. The minimum absolute atomic E-state index is 0. The lowest BCUT2D eigenvalue weighted by Gasteiger charge is -2.19. The van der Waals surface area contributed by atoms with Crippen molar-refractivity contribution in [3.05, 3.63) is 72.4 Å². The molecule has 0 aliphatic carbocycles. The van der Waals surface area contributed by atoms with Gasteiger partial charge in [0.25, 0.3) is 0 Å².